The molecule has 0 bridgehead atoms. The maximum Gasteiger partial charge on any atom is 0.240 e. The number of amides is 1. The highest BCUT2D eigenvalue weighted by Crippen LogP contribution is 2.36. The zero-order chi connectivity index (χ0) is 19.1. The minimum Gasteiger partial charge on any atom is -0.464 e. The highest BCUT2D eigenvalue weighted by molar-refractivity contribution is 7.99. The van der Waals surface area contributed by atoms with Crippen molar-refractivity contribution in [2.24, 2.45) is 0 Å². The van der Waals surface area contributed by atoms with Gasteiger partial charge in [-0.3, -0.25) is 9.69 Å². The van der Waals surface area contributed by atoms with E-state index in [2.05, 4.69) is 16.3 Å². The van der Waals surface area contributed by atoms with E-state index in [0.717, 1.165) is 62.7 Å². The number of halogens is 3. The molecule has 2 atom stereocenters. The van der Waals surface area contributed by atoms with Crippen LogP contribution in [0.4, 0.5) is 0 Å². The van der Waals surface area contributed by atoms with E-state index >= 15 is 0 Å². The normalized spacial score (nSPS) is 25.3. The number of thioether (sulfide) groups is 1. The first-order valence-corrected chi connectivity index (χ1v) is 11.7. The van der Waals surface area contributed by atoms with Crippen LogP contribution in [-0.4, -0.2) is 65.6 Å². The van der Waals surface area contributed by atoms with Crippen molar-refractivity contribution in [3.63, 3.8) is 0 Å². The van der Waals surface area contributed by atoms with Crippen molar-refractivity contribution in [1.29, 1.82) is 0 Å². The molecule has 1 amide bonds. The number of nitrogens with one attached hydrogen (secondary N) is 1. The third kappa shape index (κ3) is 4.74. The third-order valence-electron chi connectivity index (χ3n) is 6.52. The standard InChI is InChI=1S/C21H26ClN3O2S.2ClH/c22-15-1-2-17-18(12-27-20(17)9-15)14-3-5-24(6-4-14)16-10-19(23-11-16)21(26)25-7-8-28-13-25;;/h1-2,9,12,14,16,19,23H,3-8,10-11,13H2;2*1H/t16-,19-;;/m0../s1. The molecule has 5 rings (SSSR count). The highest BCUT2D eigenvalue weighted by Gasteiger charge is 2.37. The monoisotopic (exact) mass is 491 g/mol. The Morgan fingerprint density at radius 3 is 2.73 bits per heavy atom. The molecule has 0 saturated carbocycles. The minimum absolute atomic E-state index is 0. The maximum absolute atomic E-state index is 12.6. The van der Waals surface area contributed by atoms with Crippen LogP contribution in [-0.2, 0) is 4.79 Å². The molecule has 1 aromatic heterocycles. The summed E-state index contributed by atoms with van der Waals surface area (Å²) in [5, 5.41) is 5.39. The van der Waals surface area contributed by atoms with Crippen LogP contribution in [0.3, 0.4) is 0 Å². The molecular formula is C21H28Cl3N3O2S. The van der Waals surface area contributed by atoms with Gasteiger partial charge >= 0.3 is 0 Å². The molecule has 3 aliphatic rings. The highest BCUT2D eigenvalue weighted by atomic mass is 35.5. The lowest BCUT2D eigenvalue weighted by molar-refractivity contribution is -0.131. The molecule has 0 radical (unpaired) electrons. The molecule has 166 valence electrons. The van der Waals surface area contributed by atoms with Crippen LogP contribution in [0.1, 0.15) is 30.7 Å². The molecule has 0 unspecified atom stereocenters. The Balaban J connectivity index is 0.00000128. The Hall–Kier alpha value is -0.630. The summed E-state index contributed by atoms with van der Waals surface area (Å²) < 4.78 is 5.75. The predicted molar refractivity (Wildman–Crippen MR) is 129 cm³/mol. The zero-order valence-electron chi connectivity index (χ0n) is 16.7. The fourth-order valence-electron chi connectivity index (χ4n) is 4.91. The maximum atomic E-state index is 12.6. The average Bonchev–Trinajstić information content (AvgIpc) is 3.47. The summed E-state index contributed by atoms with van der Waals surface area (Å²) in [5.74, 6) is 2.76. The second kappa shape index (κ2) is 10.3. The van der Waals surface area contributed by atoms with Gasteiger partial charge in [-0.25, -0.2) is 0 Å². The molecule has 1 aromatic carbocycles. The van der Waals surface area contributed by atoms with Crippen LogP contribution in [0.25, 0.3) is 11.0 Å². The van der Waals surface area contributed by atoms with Crippen molar-refractivity contribution in [2.45, 2.75) is 37.3 Å². The molecule has 9 heteroatoms. The van der Waals surface area contributed by atoms with Gasteiger partial charge in [0.15, 0.2) is 0 Å². The number of hydrogen-bond donors (Lipinski definition) is 1. The second-order valence-corrected chi connectivity index (χ2v) is 9.64. The number of fused-ring (bicyclic) bond motifs is 1. The number of rotatable bonds is 3. The Labute approximate surface area is 199 Å². The summed E-state index contributed by atoms with van der Waals surface area (Å²) in [5.41, 5.74) is 2.20. The van der Waals surface area contributed by atoms with Crippen LogP contribution in [0, 0.1) is 0 Å². The Kier molecular flexibility index (Phi) is 8.27. The first kappa shape index (κ1) is 24.0. The van der Waals surface area contributed by atoms with E-state index in [1.165, 1.54) is 10.9 Å². The van der Waals surface area contributed by atoms with Crippen molar-refractivity contribution in [3.05, 3.63) is 35.0 Å². The summed E-state index contributed by atoms with van der Waals surface area (Å²) in [6.07, 6.45) is 5.13. The fraction of sp³-hybridized carbons (Fsp3) is 0.571. The summed E-state index contributed by atoms with van der Waals surface area (Å²) in [6, 6.07) is 6.40. The van der Waals surface area contributed by atoms with E-state index in [0.29, 0.717) is 22.9 Å². The van der Waals surface area contributed by atoms with Gasteiger partial charge in [0.25, 0.3) is 0 Å². The van der Waals surface area contributed by atoms with Gasteiger partial charge in [0.1, 0.15) is 5.58 Å². The van der Waals surface area contributed by atoms with Crippen molar-refractivity contribution < 1.29 is 9.21 Å². The van der Waals surface area contributed by atoms with E-state index in [4.69, 9.17) is 16.0 Å². The molecule has 2 aromatic rings. The summed E-state index contributed by atoms with van der Waals surface area (Å²) in [4.78, 5) is 17.2. The Morgan fingerprint density at radius 1 is 1.20 bits per heavy atom. The summed E-state index contributed by atoms with van der Waals surface area (Å²) in [7, 11) is 0. The van der Waals surface area contributed by atoms with Crippen LogP contribution in [0.2, 0.25) is 5.02 Å². The number of likely N-dealkylation sites (tertiary alicyclic amines) is 1. The summed E-state index contributed by atoms with van der Waals surface area (Å²) >= 11 is 7.93. The zero-order valence-corrected chi connectivity index (χ0v) is 19.9. The largest absolute Gasteiger partial charge is 0.464 e. The molecule has 0 spiro atoms. The van der Waals surface area contributed by atoms with Crippen molar-refractivity contribution in [3.8, 4) is 0 Å². The number of piperidine rings is 1. The van der Waals surface area contributed by atoms with Crippen molar-refractivity contribution >= 4 is 65.1 Å². The molecule has 1 N–H and O–H groups in total. The number of furan rings is 1. The smallest absolute Gasteiger partial charge is 0.240 e. The van der Waals surface area contributed by atoms with E-state index in [-0.39, 0.29) is 30.9 Å². The Morgan fingerprint density at radius 2 is 2.00 bits per heavy atom. The van der Waals surface area contributed by atoms with E-state index in [1.807, 2.05) is 35.1 Å². The molecule has 5 nitrogen and oxygen atoms in total. The van der Waals surface area contributed by atoms with Gasteiger partial charge in [0, 0.05) is 40.9 Å². The topological polar surface area (TPSA) is 48.7 Å². The lowest BCUT2D eigenvalue weighted by atomic mass is 9.88. The van der Waals surface area contributed by atoms with Gasteiger partial charge in [-0.1, -0.05) is 11.6 Å². The fourth-order valence-corrected chi connectivity index (χ4v) is 6.02. The average molecular weight is 493 g/mol. The molecule has 0 aliphatic carbocycles. The van der Waals surface area contributed by atoms with Gasteiger partial charge in [-0.2, -0.15) is 0 Å². The van der Waals surface area contributed by atoms with Gasteiger partial charge in [0.2, 0.25) is 5.91 Å². The number of carbonyl (C=O) groups is 1. The van der Waals surface area contributed by atoms with Crippen LogP contribution in [0.5, 0.6) is 0 Å². The van der Waals surface area contributed by atoms with E-state index < -0.39 is 0 Å². The number of hydrogen-bond acceptors (Lipinski definition) is 5. The summed E-state index contributed by atoms with van der Waals surface area (Å²) in [6.45, 7) is 3.99. The minimum atomic E-state index is 0. The van der Waals surface area contributed by atoms with Crippen molar-refractivity contribution in [1.82, 2.24) is 15.1 Å². The van der Waals surface area contributed by atoms with Gasteiger partial charge in [-0.05, 0) is 56.5 Å². The first-order chi connectivity index (χ1) is 13.7. The van der Waals surface area contributed by atoms with Gasteiger partial charge in [0.05, 0.1) is 18.2 Å². The van der Waals surface area contributed by atoms with Gasteiger partial charge < -0.3 is 14.6 Å². The Bertz CT molecular complexity index is 866. The number of benzene rings is 1. The molecule has 4 heterocycles. The molecule has 3 fully saturated rings. The number of carbonyl (C=O) groups excluding carboxylic acids is 1. The van der Waals surface area contributed by atoms with E-state index in [1.54, 1.807) is 0 Å². The van der Waals surface area contributed by atoms with Gasteiger partial charge in [-0.15, -0.1) is 36.6 Å². The predicted octanol–water partition coefficient (Wildman–Crippen LogP) is 4.37. The third-order valence-corrected chi connectivity index (χ3v) is 7.72. The SMILES string of the molecule is Cl.Cl.O=C([C@@H]1C[C@H](N2CCC(c3coc4cc(Cl)ccc34)CC2)CN1)N1CCSC1. The van der Waals surface area contributed by atoms with E-state index in [9.17, 15) is 4.79 Å². The lowest BCUT2D eigenvalue weighted by Crippen LogP contribution is -2.42. The molecule has 3 aliphatic heterocycles. The van der Waals surface area contributed by atoms with Crippen LogP contribution < -0.4 is 5.32 Å². The number of nitrogens with zero attached hydrogens (tertiary/aromatic N) is 2. The van der Waals surface area contributed by atoms with Crippen molar-refractivity contribution in [2.75, 3.05) is 37.8 Å². The quantitative estimate of drug-likeness (QED) is 0.689. The van der Waals surface area contributed by atoms with Crippen LogP contribution >= 0.6 is 48.2 Å². The lowest BCUT2D eigenvalue weighted by Gasteiger charge is -2.35. The molecular weight excluding hydrogens is 465 g/mol. The van der Waals surface area contributed by atoms with Crippen LogP contribution in [0.15, 0.2) is 28.9 Å². The molecule has 3 saturated heterocycles. The second-order valence-electron chi connectivity index (χ2n) is 8.13. The molecule has 30 heavy (non-hydrogen) atoms. The first-order valence-electron chi connectivity index (χ1n) is 10.2.